The van der Waals surface area contributed by atoms with Crippen LogP contribution < -0.4 is 5.32 Å². The molecule has 2 bridgehead atoms. The van der Waals surface area contributed by atoms with Gasteiger partial charge in [-0.15, -0.1) is 0 Å². The van der Waals surface area contributed by atoms with E-state index in [2.05, 4.69) is 39.9 Å². The highest BCUT2D eigenvalue weighted by Gasteiger charge is 2.53. The molecule has 2 fully saturated rings. The molecule has 2 aliphatic carbocycles. The van der Waals surface area contributed by atoms with Crippen LogP contribution in [0.2, 0.25) is 0 Å². The van der Waals surface area contributed by atoms with E-state index in [0.717, 1.165) is 17.8 Å². The van der Waals surface area contributed by atoms with Gasteiger partial charge < -0.3 is 5.32 Å². The van der Waals surface area contributed by atoms with E-state index in [-0.39, 0.29) is 5.54 Å². The average molecular weight is 251 g/mol. The van der Waals surface area contributed by atoms with Gasteiger partial charge in [-0.25, -0.2) is 0 Å². The molecule has 1 heteroatoms. The van der Waals surface area contributed by atoms with Crippen molar-refractivity contribution >= 4 is 0 Å². The quantitative estimate of drug-likeness (QED) is 0.752. The topological polar surface area (TPSA) is 12.0 Å². The van der Waals surface area contributed by atoms with Crippen molar-refractivity contribution in [3.63, 3.8) is 0 Å². The second-order valence-corrected chi connectivity index (χ2v) is 7.93. The Balaban J connectivity index is 2.13. The first kappa shape index (κ1) is 14.4. The smallest absolute Gasteiger partial charge is 0.00967 e. The Morgan fingerprint density at radius 1 is 1.17 bits per heavy atom. The van der Waals surface area contributed by atoms with Gasteiger partial charge in [0.2, 0.25) is 0 Å². The summed E-state index contributed by atoms with van der Waals surface area (Å²) in [7, 11) is 0. The summed E-state index contributed by atoms with van der Waals surface area (Å²) in [6.45, 7) is 13.0. The van der Waals surface area contributed by atoms with E-state index in [4.69, 9.17) is 0 Å². The SMILES string of the molecule is CCC(CC)C1(CNC(C)(C)C)CC2CCC1C2. The zero-order valence-corrected chi connectivity index (χ0v) is 13.2. The standard InChI is InChI=1S/C17H33N/c1-6-14(7-2)17(12-18-16(3,4)5)11-13-8-9-15(17)10-13/h13-15,18H,6-12H2,1-5H3. The van der Waals surface area contributed by atoms with E-state index in [1.54, 1.807) is 0 Å². The van der Waals surface area contributed by atoms with Gasteiger partial charge in [0.1, 0.15) is 0 Å². The molecule has 3 atom stereocenters. The van der Waals surface area contributed by atoms with Crippen molar-refractivity contribution in [2.45, 2.75) is 78.7 Å². The summed E-state index contributed by atoms with van der Waals surface area (Å²) in [6.07, 6.45) is 8.79. The Labute approximate surface area is 114 Å². The summed E-state index contributed by atoms with van der Waals surface area (Å²) in [6, 6.07) is 0. The van der Waals surface area contributed by atoms with Crippen molar-refractivity contribution in [2.75, 3.05) is 6.54 Å². The largest absolute Gasteiger partial charge is 0.311 e. The summed E-state index contributed by atoms with van der Waals surface area (Å²) in [5, 5.41) is 3.84. The normalized spacial score (nSPS) is 35.7. The molecule has 1 nitrogen and oxygen atoms in total. The number of hydrogen-bond donors (Lipinski definition) is 1. The first-order valence-electron chi connectivity index (χ1n) is 8.16. The van der Waals surface area contributed by atoms with Gasteiger partial charge >= 0.3 is 0 Å². The van der Waals surface area contributed by atoms with Gasteiger partial charge in [0, 0.05) is 12.1 Å². The number of nitrogens with one attached hydrogen (secondary N) is 1. The predicted molar refractivity (Wildman–Crippen MR) is 79.7 cm³/mol. The van der Waals surface area contributed by atoms with Crippen molar-refractivity contribution in [3.8, 4) is 0 Å². The molecule has 0 aliphatic heterocycles. The number of rotatable bonds is 5. The summed E-state index contributed by atoms with van der Waals surface area (Å²) in [4.78, 5) is 0. The lowest BCUT2D eigenvalue weighted by atomic mass is 9.63. The first-order valence-corrected chi connectivity index (χ1v) is 8.16. The third-order valence-electron chi connectivity index (χ3n) is 5.77. The molecule has 0 spiro atoms. The van der Waals surface area contributed by atoms with Crippen LogP contribution in [0.3, 0.4) is 0 Å². The zero-order valence-electron chi connectivity index (χ0n) is 13.2. The van der Waals surface area contributed by atoms with E-state index in [9.17, 15) is 0 Å². The molecule has 0 amide bonds. The van der Waals surface area contributed by atoms with Gasteiger partial charge in [0.05, 0.1) is 0 Å². The summed E-state index contributed by atoms with van der Waals surface area (Å²) < 4.78 is 0. The monoisotopic (exact) mass is 251 g/mol. The fourth-order valence-electron chi connectivity index (χ4n) is 4.88. The van der Waals surface area contributed by atoms with Crippen LogP contribution in [0.1, 0.15) is 73.1 Å². The molecule has 0 aromatic carbocycles. The molecular formula is C17H33N. The van der Waals surface area contributed by atoms with Crippen LogP contribution in [0.25, 0.3) is 0 Å². The third-order valence-corrected chi connectivity index (χ3v) is 5.77. The van der Waals surface area contributed by atoms with Crippen molar-refractivity contribution in [1.82, 2.24) is 5.32 Å². The van der Waals surface area contributed by atoms with Crippen molar-refractivity contribution < 1.29 is 0 Å². The molecule has 0 aromatic heterocycles. The van der Waals surface area contributed by atoms with Crippen LogP contribution >= 0.6 is 0 Å². The van der Waals surface area contributed by atoms with Crippen molar-refractivity contribution in [1.29, 1.82) is 0 Å². The van der Waals surface area contributed by atoms with Gasteiger partial charge in [0.25, 0.3) is 0 Å². The van der Waals surface area contributed by atoms with Gasteiger partial charge in [-0.3, -0.25) is 0 Å². The molecule has 18 heavy (non-hydrogen) atoms. The van der Waals surface area contributed by atoms with Gasteiger partial charge in [0.15, 0.2) is 0 Å². The maximum absolute atomic E-state index is 3.84. The highest BCUT2D eigenvalue weighted by atomic mass is 15.0. The van der Waals surface area contributed by atoms with Gasteiger partial charge in [-0.2, -0.15) is 0 Å². The van der Waals surface area contributed by atoms with E-state index in [1.165, 1.54) is 45.1 Å². The van der Waals surface area contributed by atoms with Crippen molar-refractivity contribution in [2.24, 2.45) is 23.2 Å². The predicted octanol–water partition coefficient (Wildman–Crippen LogP) is 4.62. The molecule has 0 radical (unpaired) electrons. The summed E-state index contributed by atoms with van der Waals surface area (Å²) >= 11 is 0. The van der Waals surface area contributed by atoms with Crippen LogP contribution in [-0.4, -0.2) is 12.1 Å². The lowest BCUT2D eigenvalue weighted by Crippen LogP contribution is -2.49. The van der Waals surface area contributed by atoms with Gasteiger partial charge in [-0.1, -0.05) is 33.1 Å². The molecule has 2 saturated carbocycles. The Morgan fingerprint density at radius 3 is 2.22 bits per heavy atom. The fourth-order valence-corrected chi connectivity index (χ4v) is 4.88. The van der Waals surface area contributed by atoms with Crippen LogP contribution in [-0.2, 0) is 0 Å². The van der Waals surface area contributed by atoms with Crippen molar-refractivity contribution in [3.05, 3.63) is 0 Å². The Bertz CT molecular complexity index is 274. The van der Waals surface area contributed by atoms with Crippen LogP contribution in [0.15, 0.2) is 0 Å². The highest BCUT2D eigenvalue weighted by molar-refractivity contribution is 5.04. The fraction of sp³-hybridized carbons (Fsp3) is 1.00. The molecule has 2 aliphatic rings. The first-order chi connectivity index (χ1) is 8.41. The third kappa shape index (κ3) is 2.61. The van der Waals surface area contributed by atoms with Crippen LogP contribution in [0.5, 0.6) is 0 Å². The lowest BCUT2D eigenvalue weighted by Gasteiger charge is -2.46. The molecule has 106 valence electrons. The molecular weight excluding hydrogens is 218 g/mol. The molecule has 0 heterocycles. The minimum Gasteiger partial charge on any atom is -0.311 e. The van der Waals surface area contributed by atoms with E-state index in [0.29, 0.717) is 5.41 Å². The van der Waals surface area contributed by atoms with Gasteiger partial charge in [-0.05, 0) is 63.2 Å². The minimum atomic E-state index is 0.265. The molecule has 0 aromatic rings. The Kier molecular flexibility index (Phi) is 4.11. The lowest BCUT2D eigenvalue weighted by molar-refractivity contribution is 0.0590. The van der Waals surface area contributed by atoms with Crippen LogP contribution in [0, 0.1) is 23.2 Å². The van der Waals surface area contributed by atoms with E-state index in [1.807, 2.05) is 0 Å². The maximum Gasteiger partial charge on any atom is 0.00967 e. The minimum absolute atomic E-state index is 0.265. The second kappa shape index (κ2) is 5.15. The summed E-state index contributed by atoms with van der Waals surface area (Å²) in [5.41, 5.74) is 0.889. The second-order valence-electron chi connectivity index (χ2n) is 7.93. The molecule has 2 rings (SSSR count). The van der Waals surface area contributed by atoms with Crippen LogP contribution in [0.4, 0.5) is 0 Å². The average Bonchev–Trinajstić information content (AvgIpc) is 2.88. The number of hydrogen-bond acceptors (Lipinski definition) is 1. The Hall–Kier alpha value is -0.0400. The maximum atomic E-state index is 3.84. The molecule has 0 saturated heterocycles. The molecule has 3 unspecified atom stereocenters. The van der Waals surface area contributed by atoms with E-state index < -0.39 is 0 Å². The highest BCUT2D eigenvalue weighted by Crippen LogP contribution is 2.60. The van der Waals surface area contributed by atoms with E-state index >= 15 is 0 Å². The number of fused-ring (bicyclic) bond motifs is 2. The summed E-state index contributed by atoms with van der Waals surface area (Å²) in [5.74, 6) is 3.00. The zero-order chi connectivity index (χ0) is 13.4. The molecule has 1 N–H and O–H groups in total. The Morgan fingerprint density at radius 2 is 1.83 bits per heavy atom.